The van der Waals surface area contributed by atoms with E-state index in [1.165, 1.54) is 12.1 Å². The van der Waals surface area contributed by atoms with Gasteiger partial charge in [0.2, 0.25) is 0 Å². The van der Waals surface area contributed by atoms with Crippen molar-refractivity contribution < 1.29 is 13.9 Å². The Balaban J connectivity index is 2.17. The third-order valence-corrected chi connectivity index (χ3v) is 3.28. The molecule has 2 unspecified atom stereocenters. The molecule has 1 heterocycles. The van der Waals surface area contributed by atoms with Gasteiger partial charge in [-0.1, -0.05) is 25.0 Å². The third-order valence-electron chi connectivity index (χ3n) is 3.28. The van der Waals surface area contributed by atoms with E-state index in [0.29, 0.717) is 0 Å². The molecule has 94 valence electrons. The van der Waals surface area contributed by atoms with Gasteiger partial charge in [-0.2, -0.15) is 0 Å². The summed E-state index contributed by atoms with van der Waals surface area (Å²) in [6.07, 6.45) is 2.99. The average molecular weight is 241 g/mol. The van der Waals surface area contributed by atoms with E-state index < -0.39 is 17.7 Å². The van der Waals surface area contributed by atoms with Crippen LogP contribution < -0.4 is 5.32 Å². The fraction of sp³-hybridized carbons (Fsp3) is 0.538. The SMILES string of the molecule is OC(c1cccc(F)c1F)C1CCCCCN1. The van der Waals surface area contributed by atoms with Gasteiger partial charge in [-0.05, 0) is 25.5 Å². The summed E-state index contributed by atoms with van der Waals surface area (Å²) < 4.78 is 26.6. The second-order valence-corrected chi connectivity index (χ2v) is 4.50. The van der Waals surface area contributed by atoms with Crippen LogP contribution in [0.2, 0.25) is 0 Å². The van der Waals surface area contributed by atoms with Crippen LogP contribution in [-0.2, 0) is 0 Å². The van der Waals surface area contributed by atoms with Crippen LogP contribution in [-0.4, -0.2) is 17.7 Å². The van der Waals surface area contributed by atoms with Crippen molar-refractivity contribution in [2.75, 3.05) is 6.54 Å². The molecule has 17 heavy (non-hydrogen) atoms. The number of hydrogen-bond acceptors (Lipinski definition) is 2. The molecule has 0 saturated carbocycles. The maximum absolute atomic E-state index is 13.5. The van der Waals surface area contributed by atoms with Crippen molar-refractivity contribution in [2.45, 2.75) is 37.8 Å². The lowest BCUT2D eigenvalue weighted by atomic mass is 9.98. The molecule has 1 aromatic carbocycles. The van der Waals surface area contributed by atoms with E-state index in [1.54, 1.807) is 0 Å². The normalized spacial score (nSPS) is 23.1. The molecule has 4 heteroatoms. The van der Waals surface area contributed by atoms with Gasteiger partial charge in [-0.15, -0.1) is 0 Å². The number of rotatable bonds is 2. The van der Waals surface area contributed by atoms with Crippen LogP contribution in [0.25, 0.3) is 0 Å². The van der Waals surface area contributed by atoms with Gasteiger partial charge in [0.05, 0.1) is 6.10 Å². The van der Waals surface area contributed by atoms with E-state index in [9.17, 15) is 13.9 Å². The molecule has 0 aromatic heterocycles. The summed E-state index contributed by atoms with van der Waals surface area (Å²) in [7, 11) is 0. The maximum Gasteiger partial charge on any atom is 0.164 e. The summed E-state index contributed by atoms with van der Waals surface area (Å²) in [5.41, 5.74) is 0.0457. The molecule has 1 fully saturated rings. The Hall–Kier alpha value is -1.00. The molecule has 0 amide bonds. The smallest absolute Gasteiger partial charge is 0.164 e. The van der Waals surface area contributed by atoms with E-state index >= 15 is 0 Å². The van der Waals surface area contributed by atoms with E-state index in [-0.39, 0.29) is 11.6 Å². The van der Waals surface area contributed by atoms with E-state index in [1.807, 2.05) is 0 Å². The Bertz CT molecular complexity index is 376. The minimum atomic E-state index is -0.983. The van der Waals surface area contributed by atoms with Gasteiger partial charge < -0.3 is 10.4 Å². The van der Waals surface area contributed by atoms with Crippen molar-refractivity contribution in [3.63, 3.8) is 0 Å². The number of nitrogens with one attached hydrogen (secondary N) is 1. The summed E-state index contributed by atoms with van der Waals surface area (Å²) in [5, 5.41) is 13.3. The van der Waals surface area contributed by atoms with Gasteiger partial charge in [0.15, 0.2) is 11.6 Å². The van der Waals surface area contributed by atoms with Crippen LogP contribution in [0.5, 0.6) is 0 Å². The number of aliphatic hydroxyl groups excluding tert-OH is 1. The zero-order valence-electron chi connectivity index (χ0n) is 9.63. The molecule has 2 nitrogen and oxygen atoms in total. The molecule has 0 aliphatic carbocycles. The first kappa shape index (κ1) is 12.5. The van der Waals surface area contributed by atoms with Gasteiger partial charge in [0, 0.05) is 11.6 Å². The monoisotopic (exact) mass is 241 g/mol. The van der Waals surface area contributed by atoms with Crippen LogP contribution in [0.1, 0.15) is 37.4 Å². The Morgan fingerprint density at radius 1 is 1.24 bits per heavy atom. The fourth-order valence-electron chi connectivity index (χ4n) is 2.29. The number of aliphatic hydroxyl groups is 1. The van der Waals surface area contributed by atoms with Crippen molar-refractivity contribution >= 4 is 0 Å². The zero-order valence-corrected chi connectivity index (χ0v) is 9.63. The van der Waals surface area contributed by atoms with Crippen molar-refractivity contribution in [3.8, 4) is 0 Å². The summed E-state index contributed by atoms with van der Waals surface area (Å²) in [5.74, 6) is -1.85. The van der Waals surface area contributed by atoms with Crippen LogP contribution in [0.4, 0.5) is 8.78 Å². The summed E-state index contributed by atoms with van der Waals surface area (Å²) in [6, 6.07) is 3.74. The first-order valence-corrected chi connectivity index (χ1v) is 6.05. The second-order valence-electron chi connectivity index (χ2n) is 4.50. The number of halogens is 2. The highest BCUT2D eigenvalue weighted by molar-refractivity contribution is 5.22. The zero-order chi connectivity index (χ0) is 12.3. The number of hydrogen-bond donors (Lipinski definition) is 2. The molecule has 1 saturated heterocycles. The fourth-order valence-corrected chi connectivity index (χ4v) is 2.29. The number of benzene rings is 1. The van der Waals surface area contributed by atoms with Gasteiger partial charge in [-0.25, -0.2) is 8.78 Å². The highest BCUT2D eigenvalue weighted by Gasteiger charge is 2.25. The second kappa shape index (κ2) is 5.56. The van der Waals surface area contributed by atoms with Gasteiger partial charge >= 0.3 is 0 Å². The predicted octanol–water partition coefficient (Wildman–Crippen LogP) is 2.53. The molecule has 2 rings (SSSR count). The summed E-state index contributed by atoms with van der Waals surface area (Å²) in [4.78, 5) is 0. The Morgan fingerprint density at radius 3 is 2.88 bits per heavy atom. The molecule has 1 aromatic rings. The first-order chi connectivity index (χ1) is 8.20. The van der Waals surface area contributed by atoms with Crippen molar-refractivity contribution in [2.24, 2.45) is 0 Å². The van der Waals surface area contributed by atoms with Crippen molar-refractivity contribution in [3.05, 3.63) is 35.4 Å². The van der Waals surface area contributed by atoms with Crippen LogP contribution in [0, 0.1) is 11.6 Å². The predicted molar refractivity (Wildman–Crippen MR) is 61.6 cm³/mol. The molecular weight excluding hydrogens is 224 g/mol. The lowest BCUT2D eigenvalue weighted by Gasteiger charge is -2.23. The van der Waals surface area contributed by atoms with E-state index in [4.69, 9.17) is 0 Å². The van der Waals surface area contributed by atoms with Crippen molar-refractivity contribution in [1.29, 1.82) is 0 Å². The standard InChI is InChI=1S/C13H17F2NO/c14-10-6-4-5-9(12(10)15)13(17)11-7-2-1-3-8-16-11/h4-6,11,13,16-17H,1-3,7-8H2. The Morgan fingerprint density at radius 2 is 2.06 bits per heavy atom. The molecule has 2 N–H and O–H groups in total. The third kappa shape index (κ3) is 2.82. The minimum absolute atomic E-state index is 0.0457. The van der Waals surface area contributed by atoms with Crippen LogP contribution in [0.3, 0.4) is 0 Å². The lowest BCUT2D eigenvalue weighted by Crippen LogP contribution is -2.34. The van der Waals surface area contributed by atoms with Gasteiger partial charge in [-0.3, -0.25) is 0 Å². The van der Waals surface area contributed by atoms with Crippen LogP contribution >= 0.6 is 0 Å². The Kier molecular flexibility index (Phi) is 4.07. The highest BCUT2D eigenvalue weighted by atomic mass is 19.2. The summed E-state index contributed by atoms with van der Waals surface area (Å²) >= 11 is 0. The maximum atomic E-state index is 13.5. The molecule has 0 spiro atoms. The Labute approximate surface area is 99.7 Å². The molecule has 1 aliphatic rings. The summed E-state index contributed by atoms with van der Waals surface area (Å²) in [6.45, 7) is 0.818. The largest absolute Gasteiger partial charge is 0.387 e. The van der Waals surface area contributed by atoms with Gasteiger partial charge in [0.25, 0.3) is 0 Å². The first-order valence-electron chi connectivity index (χ1n) is 6.05. The van der Waals surface area contributed by atoms with Crippen molar-refractivity contribution in [1.82, 2.24) is 5.32 Å². The van der Waals surface area contributed by atoms with E-state index in [0.717, 1.165) is 38.3 Å². The molecule has 2 atom stereocenters. The molecular formula is C13H17F2NO. The highest BCUT2D eigenvalue weighted by Crippen LogP contribution is 2.25. The molecule has 1 aliphatic heterocycles. The molecule has 0 bridgehead atoms. The lowest BCUT2D eigenvalue weighted by molar-refractivity contribution is 0.121. The van der Waals surface area contributed by atoms with E-state index in [2.05, 4.69) is 5.32 Å². The topological polar surface area (TPSA) is 32.3 Å². The minimum Gasteiger partial charge on any atom is -0.387 e. The van der Waals surface area contributed by atoms with Gasteiger partial charge in [0.1, 0.15) is 0 Å². The van der Waals surface area contributed by atoms with Crippen LogP contribution in [0.15, 0.2) is 18.2 Å². The quantitative estimate of drug-likeness (QED) is 0.834. The average Bonchev–Trinajstić information content (AvgIpc) is 2.60. The molecule has 0 radical (unpaired) electrons.